The average molecular weight is 291 g/mol. The third-order valence-electron chi connectivity index (χ3n) is 2.59. The molecule has 1 rings (SSSR count). The summed E-state index contributed by atoms with van der Waals surface area (Å²) >= 11 is 1.40. The SMILES string of the molecule is CCCCCCCCS(=O)(=O)ON=C1CC=CS1. The predicted octanol–water partition coefficient (Wildman–Crippen LogP) is 3.66. The van der Waals surface area contributed by atoms with Crippen molar-refractivity contribution < 1.29 is 12.7 Å². The molecule has 0 atom stereocenters. The highest BCUT2D eigenvalue weighted by molar-refractivity contribution is 8.16. The second-order valence-electron chi connectivity index (χ2n) is 4.28. The van der Waals surface area contributed by atoms with E-state index in [1.807, 2.05) is 11.5 Å². The minimum Gasteiger partial charge on any atom is -0.268 e. The van der Waals surface area contributed by atoms with E-state index in [9.17, 15) is 8.42 Å². The molecule has 4 nitrogen and oxygen atoms in total. The van der Waals surface area contributed by atoms with Crippen LogP contribution in [0.1, 0.15) is 51.9 Å². The fourth-order valence-electron chi connectivity index (χ4n) is 1.58. The summed E-state index contributed by atoms with van der Waals surface area (Å²) in [5.74, 6) is 0.0635. The van der Waals surface area contributed by atoms with Crippen molar-refractivity contribution in [2.45, 2.75) is 51.9 Å². The van der Waals surface area contributed by atoms with Crippen LogP contribution >= 0.6 is 11.8 Å². The molecule has 1 aliphatic heterocycles. The maximum atomic E-state index is 11.5. The zero-order valence-corrected chi connectivity index (χ0v) is 12.4. The van der Waals surface area contributed by atoms with Crippen LogP contribution in [-0.2, 0) is 14.4 Å². The van der Waals surface area contributed by atoms with E-state index in [1.165, 1.54) is 31.0 Å². The summed E-state index contributed by atoms with van der Waals surface area (Å²) in [7, 11) is -3.49. The van der Waals surface area contributed by atoms with E-state index in [1.54, 1.807) is 0 Å². The molecule has 0 bridgehead atoms. The number of allylic oxidation sites excluding steroid dienone is 1. The first-order valence-corrected chi connectivity index (χ1v) is 8.89. The first-order chi connectivity index (χ1) is 8.64. The van der Waals surface area contributed by atoms with Crippen LogP contribution in [0, 0.1) is 0 Å². The van der Waals surface area contributed by atoms with Gasteiger partial charge in [0, 0.05) is 6.42 Å². The van der Waals surface area contributed by atoms with Gasteiger partial charge < -0.3 is 0 Å². The molecule has 0 fully saturated rings. The van der Waals surface area contributed by atoms with Gasteiger partial charge in [-0.2, -0.15) is 8.42 Å². The van der Waals surface area contributed by atoms with Gasteiger partial charge in [0.2, 0.25) is 0 Å². The molecular formula is C12H21NO3S2. The van der Waals surface area contributed by atoms with Crippen LogP contribution in [0.5, 0.6) is 0 Å². The Balaban J connectivity index is 2.13. The first-order valence-electron chi connectivity index (χ1n) is 6.44. The van der Waals surface area contributed by atoms with Crippen molar-refractivity contribution >= 4 is 26.9 Å². The van der Waals surface area contributed by atoms with Crippen LogP contribution in [0.15, 0.2) is 16.6 Å². The van der Waals surface area contributed by atoms with Gasteiger partial charge in [0.25, 0.3) is 0 Å². The molecular weight excluding hydrogens is 270 g/mol. The molecule has 0 aromatic heterocycles. The Hall–Kier alpha value is -0.490. The molecule has 1 aliphatic rings. The minimum absolute atomic E-state index is 0.0635. The number of unbranched alkanes of at least 4 members (excludes halogenated alkanes) is 5. The highest BCUT2D eigenvalue weighted by atomic mass is 32.2. The molecule has 18 heavy (non-hydrogen) atoms. The number of hydrogen-bond donors (Lipinski definition) is 0. The van der Waals surface area contributed by atoms with Crippen molar-refractivity contribution in [3.8, 4) is 0 Å². The third kappa shape index (κ3) is 7.06. The van der Waals surface area contributed by atoms with Crippen LogP contribution in [0.3, 0.4) is 0 Å². The van der Waals surface area contributed by atoms with Crippen molar-refractivity contribution in [1.29, 1.82) is 0 Å². The Kier molecular flexibility index (Phi) is 7.42. The third-order valence-corrected chi connectivity index (χ3v) is 4.53. The van der Waals surface area contributed by atoms with E-state index in [-0.39, 0.29) is 5.75 Å². The van der Waals surface area contributed by atoms with Gasteiger partial charge in [-0.05, 0) is 11.8 Å². The number of thioether (sulfide) groups is 1. The smallest absolute Gasteiger partial charge is 0.268 e. The van der Waals surface area contributed by atoms with Crippen LogP contribution in [0.25, 0.3) is 0 Å². The Morgan fingerprint density at radius 2 is 2.00 bits per heavy atom. The summed E-state index contributed by atoms with van der Waals surface area (Å²) in [4.78, 5) is 0. The Labute approximate surface area is 114 Å². The lowest BCUT2D eigenvalue weighted by atomic mass is 10.1. The quantitative estimate of drug-likeness (QED) is 0.480. The van der Waals surface area contributed by atoms with Crippen LogP contribution in [-0.4, -0.2) is 19.2 Å². The van der Waals surface area contributed by atoms with Crippen LogP contribution in [0.2, 0.25) is 0 Å². The predicted molar refractivity (Wildman–Crippen MR) is 77.0 cm³/mol. The van der Waals surface area contributed by atoms with Gasteiger partial charge in [-0.15, -0.1) is 0 Å². The maximum Gasteiger partial charge on any atom is 0.328 e. The van der Waals surface area contributed by atoms with Gasteiger partial charge >= 0.3 is 10.1 Å². The van der Waals surface area contributed by atoms with Gasteiger partial charge in [0.05, 0.1) is 5.75 Å². The van der Waals surface area contributed by atoms with Gasteiger partial charge in [-0.3, -0.25) is 4.28 Å². The fraction of sp³-hybridized carbons (Fsp3) is 0.750. The standard InChI is InChI=1S/C12H21NO3S2/c1-2-3-4-5-6-7-11-18(14,15)16-13-12-9-8-10-17-12/h8,10H,2-7,9,11H2,1H3. The fourth-order valence-corrected chi connectivity index (χ4v) is 3.08. The van der Waals surface area contributed by atoms with Crippen LogP contribution < -0.4 is 0 Å². The zero-order valence-electron chi connectivity index (χ0n) is 10.8. The van der Waals surface area contributed by atoms with Gasteiger partial charge in [-0.25, -0.2) is 0 Å². The van der Waals surface area contributed by atoms with E-state index < -0.39 is 10.1 Å². The number of oxime groups is 1. The molecule has 0 aromatic carbocycles. The molecule has 0 aliphatic carbocycles. The second-order valence-corrected chi connectivity index (χ2v) is 6.93. The second kappa shape index (κ2) is 8.58. The van der Waals surface area contributed by atoms with Gasteiger partial charge in [0.15, 0.2) is 0 Å². The largest absolute Gasteiger partial charge is 0.328 e. The lowest BCUT2D eigenvalue weighted by molar-refractivity contribution is 0.338. The van der Waals surface area contributed by atoms with Gasteiger partial charge in [0.1, 0.15) is 5.04 Å². The van der Waals surface area contributed by atoms with E-state index in [0.717, 1.165) is 12.8 Å². The molecule has 6 heteroatoms. The average Bonchev–Trinajstić information content (AvgIpc) is 2.84. The monoisotopic (exact) mass is 291 g/mol. The summed E-state index contributed by atoms with van der Waals surface area (Å²) in [6.45, 7) is 2.16. The highest BCUT2D eigenvalue weighted by Crippen LogP contribution is 2.18. The topological polar surface area (TPSA) is 55.7 Å². The molecule has 0 radical (unpaired) electrons. The van der Waals surface area contributed by atoms with E-state index in [4.69, 9.17) is 0 Å². The van der Waals surface area contributed by atoms with Crippen molar-refractivity contribution in [1.82, 2.24) is 0 Å². The summed E-state index contributed by atoms with van der Waals surface area (Å²) in [6.07, 6.45) is 8.88. The molecule has 104 valence electrons. The molecule has 0 spiro atoms. The molecule has 1 heterocycles. The van der Waals surface area contributed by atoms with Crippen molar-refractivity contribution in [2.24, 2.45) is 5.16 Å². The first kappa shape index (κ1) is 15.6. The van der Waals surface area contributed by atoms with Crippen molar-refractivity contribution in [3.05, 3.63) is 11.5 Å². The summed E-state index contributed by atoms with van der Waals surface area (Å²) < 4.78 is 27.7. The molecule has 0 saturated carbocycles. The maximum absolute atomic E-state index is 11.5. The lowest BCUT2D eigenvalue weighted by Gasteiger charge is -2.02. The van der Waals surface area contributed by atoms with Crippen molar-refractivity contribution in [2.75, 3.05) is 5.75 Å². The zero-order chi connectivity index (χ0) is 13.3. The molecule has 0 saturated heterocycles. The normalized spacial score (nSPS) is 17.5. The van der Waals surface area contributed by atoms with Crippen LogP contribution in [0.4, 0.5) is 0 Å². The van der Waals surface area contributed by atoms with E-state index in [0.29, 0.717) is 17.9 Å². The van der Waals surface area contributed by atoms with E-state index >= 15 is 0 Å². The summed E-state index contributed by atoms with van der Waals surface area (Å²) in [6, 6.07) is 0. The lowest BCUT2D eigenvalue weighted by Crippen LogP contribution is -2.08. The highest BCUT2D eigenvalue weighted by Gasteiger charge is 2.12. The Bertz CT molecular complexity index is 378. The Morgan fingerprint density at radius 1 is 1.28 bits per heavy atom. The van der Waals surface area contributed by atoms with E-state index in [2.05, 4.69) is 16.4 Å². The number of hydrogen-bond acceptors (Lipinski definition) is 5. The number of rotatable bonds is 9. The summed E-state index contributed by atoms with van der Waals surface area (Å²) in [5.41, 5.74) is 0. The molecule has 0 unspecified atom stereocenters. The summed E-state index contributed by atoms with van der Waals surface area (Å²) in [5, 5.41) is 6.23. The molecule has 0 N–H and O–H groups in total. The minimum atomic E-state index is -3.49. The molecule has 0 aromatic rings. The number of nitrogens with zero attached hydrogens (tertiary/aromatic N) is 1. The molecule has 0 amide bonds. The van der Waals surface area contributed by atoms with Crippen molar-refractivity contribution in [3.63, 3.8) is 0 Å². The Morgan fingerprint density at radius 3 is 2.67 bits per heavy atom. The van der Waals surface area contributed by atoms with Gasteiger partial charge in [-0.1, -0.05) is 62.0 Å².